The van der Waals surface area contributed by atoms with Gasteiger partial charge in [-0.1, -0.05) is 0 Å². The second-order valence-corrected chi connectivity index (χ2v) is 4.27. The van der Waals surface area contributed by atoms with E-state index < -0.39 is 5.54 Å². The topological polar surface area (TPSA) is 61.6 Å². The van der Waals surface area contributed by atoms with E-state index in [-0.39, 0.29) is 12.1 Å². The van der Waals surface area contributed by atoms with Crippen LogP contribution >= 0.6 is 0 Å². The molecule has 0 aromatic rings. The molecule has 2 N–H and O–H groups in total. The zero-order valence-electron chi connectivity index (χ0n) is 8.33. The summed E-state index contributed by atoms with van der Waals surface area (Å²) in [6.45, 7) is 0.870. The molecule has 0 radical (unpaired) electrons. The van der Waals surface area contributed by atoms with Gasteiger partial charge in [-0.2, -0.15) is 0 Å². The Morgan fingerprint density at radius 1 is 1.43 bits per heavy atom. The zero-order chi connectivity index (χ0) is 10.0. The van der Waals surface area contributed by atoms with Crippen molar-refractivity contribution in [3.63, 3.8) is 0 Å². The van der Waals surface area contributed by atoms with Gasteiger partial charge in [-0.05, 0) is 25.7 Å². The third-order valence-corrected chi connectivity index (χ3v) is 3.03. The van der Waals surface area contributed by atoms with Crippen molar-refractivity contribution in [2.45, 2.75) is 43.7 Å². The fourth-order valence-electron chi connectivity index (χ4n) is 2.02. The Morgan fingerprint density at radius 2 is 2.14 bits per heavy atom. The third kappa shape index (κ3) is 1.91. The smallest absolute Gasteiger partial charge is 0.328 e. The Kier molecular flexibility index (Phi) is 2.74. The van der Waals surface area contributed by atoms with Crippen LogP contribution in [-0.4, -0.2) is 30.8 Å². The first-order valence-electron chi connectivity index (χ1n) is 5.28. The zero-order valence-corrected chi connectivity index (χ0v) is 8.33. The van der Waals surface area contributed by atoms with Crippen LogP contribution in [-0.2, 0) is 14.3 Å². The van der Waals surface area contributed by atoms with Crippen LogP contribution in [0, 0.1) is 0 Å². The Labute approximate surface area is 83.7 Å². The van der Waals surface area contributed by atoms with Gasteiger partial charge in [0.15, 0.2) is 0 Å². The molecule has 1 heterocycles. The number of rotatable bonds is 2. The van der Waals surface area contributed by atoms with E-state index in [4.69, 9.17) is 15.2 Å². The van der Waals surface area contributed by atoms with E-state index in [9.17, 15) is 4.79 Å². The summed E-state index contributed by atoms with van der Waals surface area (Å²) in [5.74, 6) is -0.276. The van der Waals surface area contributed by atoms with E-state index in [2.05, 4.69) is 0 Å². The van der Waals surface area contributed by atoms with Crippen molar-refractivity contribution >= 4 is 5.97 Å². The highest BCUT2D eigenvalue weighted by Gasteiger charge is 2.41. The lowest BCUT2D eigenvalue weighted by Gasteiger charge is -2.22. The predicted molar refractivity (Wildman–Crippen MR) is 50.7 cm³/mol. The molecule has 0 amide bonds. The first-order chi connectivity index (χ1) is 6.71. The van der Waals surface area contributed by atoms with Crippen molar-refractivity contribution in [2.24, 2.45) is 5.73 Å². The molecule has 1 saturated heterocycles. The second-order valence-electron chi connectivity index (χ2n) is 4.27. The molecule has 0 bridgehead atoms. The molecule has 4 heteroatoms. The number of hydrogen-bond acceptors (Lipinski definition) is 4. The molecule has 80 valence electrons. The van der Waals surface area contributed by atoms with Crippen LogP contribution in [0.2, 0.25) is 0 Å². The highest BCUT2D eigenvalue weighted by molar-refractivity contribution is 5.81. The van der Waals surface area contributed by atoms with Crippen molar-refractivity contribution in [3.8, 4) is 0 Å². The van der Waals surface area contributed by atoms with Gasteiger partial charge in [-0.15, -0.1) is 0 Å². The van der Waals surface area contributed by atoms with Crippen LogP contribution in [0.15, 0.2) is 0 Å². The SMILES string of the molecule is NC1(C(=O)OC2CCCC2)CCOC1. The fraction of sp³-hybridized carbons (Fsp3) is 0.900. The van der Waals surface area contributed by atoms with Gasteiger partial charge in [0.2, 0.25) is 0 Å². The maximum Gasteiger partial charge on any atom is 0.328 e. The molecule has 2 fully saturated rings. The van der Waals surface area contributed by atoms with Crippen LogP contribution in [0.1, 0.15) is 32.1 Å². The van der Waals surface area contributed by atoms with Crippen molar-refractivity contribution in [2.75, 3.05) is 13.2 Å². The largest absolute Gasteiger partial charge is 0.461 e. The van der Waals surface area contributed by atoms with E-state index in [0.29, 0.717) is 19.6 Å². The highest BCUT2D eigenvalue weighted by Crippen LogP contribution is 2.24. The normalized spacial score (nSPS) is 33.5. The molecule has 1 aliphatic heterocycles. The molecular weight excluding hydrogens is 182 g/mol. The quantitative estimate of drug-likeness (QED) is 0.661. The fourth-order valence-corrected chi connectivity index (χ4v) is 2.02. The van der Waals surface area contributed by atoms with Gasteiger partial charge in [-0.3, -0.25) is 0 Å². The summed E-state index contributed by atoms with van der Waals surface area (Å²) in [6.07, 6.45) is 4.98. The first-order valence-corrected chi connectivity index (χ1v) is 5.28. The molecule has 1 unspecified atom stereocenters. The molecule has 2 rings (SSSR count). The summed E-state index contributed by atoms with van der Waals surface area (Å²) in [5, 5.41) is 0. The Bertz CT molecular complexity index is 217. The van der Waals surface area contributed by atoms with Gasteiger partial charge in [-0.25, -0.2) is 4.79 Å². The third-order valence-electron chi connectivity index (χ3n) is 3.03. The minimum Gasteiger partial charge on any atom is -0.461 e. The summed E-state index contributed by atoms with van der Waals surface area (Å²) in [6, 6.07) is 0. The number of carbonyl (C=O) groups excluding carboxylic acids is 1. The number of nitrogens with two attached hydrogens (primary N) is 1. The van der Waals surface area contributed by atoms with Crippen LogP contribution in [0.3, 0.4) is 0 Å². The molecule has 2 aliphatic rings. The summed E-state index contributed by atoms with van der Waals surface area (Å²) < 4.78 is 10.5. The van der Waals surface area contributed by atoms with E-state index in [0.717, 1.165) is 25.7 Å². The van der Waals surface area contributed by atoms with E-state index >= 15 is 0 Å². The average Bonchev–Trinajstić information content (AvgIpc) is 2.76. The lowest BCUT2D eigenvalue weighted by Crippen LogP contribution is -2.50. The minimum absolute atomic E-state index is 0.100. The van der Waals surface area contributed by atoms with Crippen molar-refractivity contribution in [1.82, 2.24) is 0 Å². The number of hydrogen-bond donors (Lipinski definition) is 1. The van der Waals surface area contributed by atoms with Gasteiger partial charge >= 0.3 is 5.97 Å². The van der Waals surface area contributed by atoms with Crippen LogP contribution in [0.5, 0.6) is 0 Å². The number of ether oxygens (including phenoxy) is 2. The molecule has 4 nitrogen and oxygen atoms in total. The van der Waals surface area contributed by atoms with Crippen LogP contribution < -0.4 is 5.73 Å². The maximum atomic E-state index is 11.7. The van der Waals surface area contributed by atoms with Crippen molar-refractivity contribution in [1.29, 1.82) is 0 Å². The molecule has 1 saturated carbocycles. The molecule has 0 aromatic carbocycles. The van der Waals surface area contributed by atoms with Crippen LogP contribution in [0.25, 0.3) is 0 Å². The molecule has 1 aliphatic carbocycles. The highest BCUT2D eigenvalue weighted by atomic mass is 16.6. The number of carbonyl (C=O) groups is 1. The van der Waals surface area contributed by atoms with Gasteiger partial charge in [0.25, 0.3) is 0 Å². The molecule has 1 atom stereocenters. The monoisotopic (exact) mass is 199 g/mol. The first kappa shape index (κ1) is 9.93. The van der Waals surface area contributed by atoms with Crippen molar-refractivity contribution in [3.05, 3.63) is 0 Å². The summed E-state index contributed by atoms with van der Waals surface area (Å²) >= 11 is 0. The average molecular weight is 199 g/mol. The van der Waals surface area contributed by atoms with Crippen molar-refractivity contribution < 1.29 is 14.3 Å². The summed E-state index contributed by atoms with van der Waals surface area (Å²) in [7, 11) is 0. The lowest BCUT2D eigenvalue weighted by molar-refractivity contribution is -0.155. The molecule has 0 spiro atoms. The molecule has 0 aromatic heterocycles. The van der Waals surface area contributed by atoms with Gasteiger partial charge in [0.1, 0.15) is 11.6 Å². The lowest BCUT2D eigenvalue weighted by atomic mass is 10.0. The summed E-state index contributed by atoms with van der Waals surface area (Å²) in [4.78, 5) is 11.7. The predicted octanol–water partition coefficient (Wildman–Crippen LogP) is 0.590. The Hall–Kier alpha value is -0.610. The van der Waals surface area contributed by atoms with E-state index in [1.165, 1.54) is 0 Å². The molecular formula is C10H17NO3. The van der Waals surface area contributed by atoms with Gasteiger partial charge in [0, 0.05) is 13.0 Å². The minimum atomic E-state index is -0.872. The maximum absolute atomic E-state index is 11.7. The Morgan fingerprint density at radius 3 is 2.71 bits per heavy atom. The van der Waals surface area contributed by atoms with E-state index in [1.54, 1.807) is 0 Å². The van der Waals surface area contributed by atoms with Crippen LogP contribution in [0.4, 0.5) is 0 Å². The standard InChI is InChI=1S/C10H17NO3/c11-10(5-6-13-7-10)9(12)14-8-3-1-2-4-8/h8H,1-7,11H2. The summed E-state index contributed by atoms with van der Waals surface area (Å²) in [5.41, 5.74) is 5.01. The number of esters is 1. The Balaban J connectivity index is 1.87. The second kappa shape index (κ2) is 3.87. The van der Waals surface area contributed by atoms with E-state index in [1.807, 2.05) is 0 Å². The van der Waals surface area contributed by atoms with Gasteiger partial charge in [0.05, 0.1) is 6.61 Å². The molecule has 14 heavy (non-hydrogen) atoms. The van der Waals surface area contributed by atoms with Gasteiger partial charge < -0.3 is 15.2 Å².